The summed E-state index contributed by atoms with van der Waals surface area (Å²) in [6.45, 7) is 0.433. The topological polar surface area (TPSA) is 102 Å². The molecule has 1 unspecified atom stereocenters. The molecule has 0 saturated carbocycles. The lowest BCUT2D eigenvalue weighted by Gasteiger charge is -2.30. The highest BCUT2D eigenvalue weighted by Crippen LogP contribution is 2.27. The fraction of sp³-hybridized carbons (Fsp3) is 0.111. The van der Waals surface area contributed by atoms with Crippen LogP contribution in [0, 0.1) is 5.21 Å². The molecule has 8 heteroatoms. The maximum atomic E-state index is 12.5. The quantitative estimate of drug-likeness (QED) is 0.535. The van der Waals surface area contributed by atoms with Crippen molar-refractivity contribution in [2.24, 2.45) is 4.99 Å². The van der Waals surface area contributed by atoms with Crippen molar-refractivity contribution in [2.75, 3.05) is 12.4 Å². The number of quaternary nitrogens is 1. The second-order valence-electron chi connectivity index (χ2n) is 5.84. The van der Waals surface area contributed by atoms with Crippen LogP contribution in [0.2, 0.25) is 0 Å². The summed E-state index contributed by atoms with van der Waals surface area (Å²) in [5, 5.41) is 22.1. The molecule has 0 spiro atoms. The third kappa shape index (κ3) is 3.23. The Morgan fingerprint density at radius 2 is 2.12 bits per heavy atom. The van der Waals surface area contributed by atoms with Crippen LogP contribution in [-0.2, 0) is 6.54 Å². The fourth-order valence-electron chi connectivity index (χ4n) is 2.78. The van der Waals surface area contributed by atoms with Gasteiger partial charge in [0.1, 0.15) is 11.4 Å². The molecule has 2 heterocycles. The average molecular weight is 350 g/mol. The molecule has 0 fully saturated rings. The summed E-state index contributed by atoms with van der Waals surface area (Å²) in [6.07, 6.45) is 3.51. The van der Waals surface area contributed by atoms with Gasteiger partial charge in [-0.15, -0.1) is 0 Å². The number of guanidine groups is 1. The van der Waals surface area contributed by atoms with Crippen LogP contribution in [0.5, 0.6) is 5.75 Å². The van der Waals surface area contributed by atoms with E-state index < -0.39 is 0 Å². The van der Waals surface area contributed by atoms with Crippen molar-refractivity contribution in [3.63, 3.8) is 0 Å². The van der Waals surface area contributed by atoms with Gasteiger partial charge in [0.05, 0.1) is 19.9 Å². The molecule has 132 valence electrons. The first kappa shape index (κ1) is 16.1. The predicted octanol–water partition coefficient (Wildman–Crippen LogP) is 1.59. The number of methoxy groups -OCH3 is 1. The molecule has 0 radical (unpaired) electrons. The number of H-pyrrole nitrogens is 1. The summed E-state index contributed by atoms with van der Waals surface area (Å²) in [6, 6.07) is 13.3. The molecule has 8 nitrogen and oxygen atoms in total. The minimum Gasteiger partial charge on any atom is -0.603 e. The third-order valence-corrected chi connectivity index (χ3v) is 4.13. The lowest BCUT2D eigenvalue weighted by Crippen LogP contribution is -3.11. The molecule has 4 rings (SSSR count). The van der Waals surface area contributed by atoms with E-state index in [9.17, 15) is 5.21 Å². The van der Waals surface area contributed by atoms with E-state index in [-0.39, 0.29) is 5.17 Å². The van der Waals surface area contributed by atoms with E-state index >= 15 is 0 Å². The largest absolute Gasteiger partial charge is 0.603 e. The summed E-state index contributed by atoms with van der Waals surface area (Å²) < 4.78 is 5.21. The Balaban J connectivity index is 1.54. The lowest BCUT2D eigenvalue weighted by atomic mass is 10.1. The predicted molar refractivity (Wildman–Crippen MR) is 98.9 cm³/mol. The van der Waals surface area contributed by atoms with Crippen molar-refractivity contribution in [1.29, 1.82) is 0 Å². The van der Waals surface area contributed by atoms with E-state index in [2.05, 4.69) is 25.9 Å². The van der Waals surface area contributed by atoms with Crippen LogP contribution in [0.1, 0.15) is 5.56 Å². The molecule has 4 N–H and O–H groups in total. The van der Waals surface area contributed by atoms with Crippen LogP contribution in [0.3, 0.4) is 0 Å². The van der Waals surface area contributed by atoms with Crippen molar-refractivity contribution in [1.82, 2.24) is 15.6 Å². The average Bonchev–Trinajstić information content (AvgIpc) is 3.21. The van der Waals surface area contributed by atoms with Gasteiger partial charge in [0.2, 0.25) is 5.96 Å². The highest BCUT2D eigenvalue weighted by molar-refractivity contribution is 5.97. The maximum absolute atomic E-state index is 12.5. The van der Waals surface area contributed by atoms with Crippen LogP contribution >= 0.6 is 0 Å². The third-order valence-electron chi connectivity index (χ3n) is 4.13. The number of fused-ring (bicyclic) bond motifs is 1. The van der Waals surface area contributed by atoms with Gasteiger partial charge in [-0.05, 0) is 29.3 Å². The van der Waals surface area contributed by atoms with Crippen molar-refractivity contribution in [3.8, 4) is 16.9 Å². The smallest absolute Gasteiger partial charge is 0.243 e. The summed E-state index contributed by atoms with van der Waals surface area (Å²) >= 11 is 0. The number of nitrogens with one attached hydrogen (secondary N) is 4. The number of rotatable bonds is 4. The molecular weight excluding hydrogens is 332 g/mol. The number of aliphatic imine (C=N–C) groups is 1. The number of ether oxygens (including phenoxy) is 1. The minimum atomic E-state index is -0.187. The molecule has 0 aliphatic carbocycles. The Labute approximate surface area is 150 Å². The number of nitrogens with zero attached hydrogens (tertiary/aromatic N) is 2. The van der Waals surface area contributed by atoms with Crippen molar-refractivity contribution in [2.45, 2.75) is 6.54 Å². The van der Waals surface area contributed by atoms with Crippen LogP contribution < -0.4 is 20.7 Å². The molecular formula is C18H18N6O2. The summed E-state index contributed by atoms with van der Waals surface area (Å²) in [7, 11) is 1.63. The Hall–Kier alpha value is -3.36. The molecule has 1 aliphatic rings. The Bertz CT molecular complexity index is 939. The standard InChI is InChI=1S/C18H18N6O2/c1-26-15-4-2-3-12(7-15)9-19-18-22-16-6-5-13(14-10-20-21-11-14)8-17(16)24(25)23-18/h2-8,10-11,24H,9H2,1H3,(H,20,21)(H2,19,22,23). The van der Waals surface area contributed by atoms with Crippen LogP contribution in [0.15, 0.2) is 59.9 Å². The van der Waals surface area contributed by atoms with Crippen LogP contribution in [0.4, 0.5) is 11.4 Å². The van der Waals surface area contributed by atoms with Gasteiger partial charge in [-0.1, -0.05) is 18.2 Å². The van der Waals surface area contributed by atoms with Gasteiger partial charge in [-0.25, -0.2) is 10.2 Å². The molecule has 2 aromatic carbocycles. The summed E-state index contributed by atoms with van der Waals surface area (Å²) in [4.78, 5) is 4.45. The van der Waals surface area contributed by atoms with Crippen LogP contribution in [0.25, 0.3) is 11.1 Å². The van der Waals surface area contributed by atoms with Gasteiger partial charge in [-0.2, -0.15) is 10.5 Å². The molecule has 0 bridgehead atoms. The first-order valence-corrected chi connectivity index (χ1v) is 8.12. The fourth-order valence-corrected chi connectivity index (χ4v) is 2.78. The molecule has 26 heavy (non-hydrogen) atoms. The molecule has 3 aromatic rings. The van der Waals surface area contributed by atoms with Crippen molar-refractivity contribution < 1.29 is 9.91 Å². The van der Waals surface area contributed by atoms with E-state index in [1.54, 1.807) is 19.5 Å². The normalized spacial score (nSPS) is 17.3. The van der Waals surface area contributed by atoms with E-state index in [0.717, 1.165) is 28.1 Å². The zero-order chi connectivity index (χ0) is 17.9. The molecule has 1 aliphatic heterocycles. The van der Waals surface area contributed by atoms with Crippen molar-refractivity contribution >= 4 is 17.3 Å². The minimum absolute atomic E-state index is 0.187. The SMILES string of the molecule is COc1cccc(CN=C2Nc3ccc(-c4cn[nH]c4)cc3[NH+]([O-])N2)c1. The maximum Gasteiger partial charge on any atom is 0.243 e. The van der Waals surface area contributed by atoms with Crippen molar-refractivity contribution in [3.05, 3.63) is 65.6 Å². The zero-order valence-corrected chi connectivity index (χ0v) is 14.1. The Morgan fingerprint density at radius 1 is 1.19 bits per heavy atom. The monoisotopic (exact) mass is 350 g/mol. The Morgan fingerprint density at radius 3 is 2.92 bits per heavy atom. The van der Waals surface area contributed by atoms with Crippen LogP contribution in [-0.4, -0.2) is 23.3 Å². The summed E-state index contributed by atoms with van der Waals surface area (Å²) in [5.41, 5.74) is 6.94. The Kier molecular flexibility index (Phi) is 4.26. The lowest BCUT2D eigenvalue weighted by molar-refractivity contribution is -0.816. The van der Waals surface area contributed by atoms with E-state index in [1.165, 1.54) is 0 Å². The van der Waals surface area contributed by atoms with E-state index in [0.29, 0.717) is 18.2 Å². The number of hydrogen-bond acceptors (Lipinski definition) is 4. The van der Waals surface area contributed by atoms with E-state index in [4.69, 9.17) is 4.74 Å². The van der Waals surface area contributed by atoms with Gasteiger partial charge < -0.3 is 15.3 Å². The zero-order valence-electron chi connectivity index (χ0n) is 14.1. The number of anilines is 1. The molecule has 0 amide bonds. The summed E-state index contributed by atoms with van der Waals surface area (Å²) in [5.74, 6) is 1.21. The number of hydrogen-bond donors (Lipinski definition) is 4. The van der Waals surface area contributed by atoms with Gasteiger partial charge in [0.15, 0.2) is 5.69 Å². The van der Waals surface area contributed by atoms with Gasteiger partial charge in [0.25, 0.3) is 0 Å². The first-order valence-electron chi connectivity index (χ1n) is 8.12. The molecule has 0 saturated heterocycles. The van der Waals surface area contributed by atoms with E-state index in [1.807, 2.05) is 42.5 Å². The van der Waals surface area contributed by atoms with Gasteiger partial charge in [-0.3, -0.25) is 5.10 Å². The highest BCUT2D eigenvalue weighted by Gasteiger charge is 2.20. The number of aromatic nitrogens is 2. The molecule has 1 atom stereocenters. The highest BCUT2D eigenvalue weighted by atomic mass is 16.5. The van der Waals surface area contributed by atoms with Gasteiger partial charge >= 0.3 is 0 Å². The number of aromatic amines is 1. The molecule has 1 aromatic heterocycles. The second-order valence-corrected chi connectivity index (χ2v) is 5.84. The number of benzene rings is 2. The second kappa shape index (κ2) is 6.87. The first-order chi connectivity index (χ1) is 12.7. The van der Waals surface area contributed by atoms with Gasteiger partial charge in [0, 0.05) is 17.8 Å².